The van der Waals surface area contributed by atoms with Crippen molar-refractivity contribution in [2.24, 2.45) is 0 Å². The quantitative estimate of drug-likeness (QED) is 0.203. The molecule has 5 heteroatoms. The first-order chi connectivity index (χ1) is 21.8. The molecule has 10 aromatic rings. The third-order valence-electron chi connectivity index (χ3n) is 8.69. The lowest BCUT2D eigenvalue weighted by Crippen LogP contribution is -2.09. The summed E-state index contributed by atoms with van der Waals surface area (Å²) < 4.78 is 11.5. The van der Waals surface area contributed by atoms with Crippen LogP contribution in [0.3, 0.4) is 0 Å². The van der Waals surface area contributed by atoms with E-state index >= 15 is 0 Å². The van der Waals surface area contributed by atoms with E-state index in [-0.39, 0.29) is 0 Å². The van der Waals surface area contributed by atoms with Crippen LogP contribution in [0.1, 0.15) is 0 Å². The number of hydrogen-bond acceptors (Lipinski definition) is 5. The lowest BCUT2D eigenvalue weighted by Gasteiger charge is -2.25. The van der Waals surface area contributed by atoms with Gasteiger partial charge in [-0.3, -0.25) is 4.98 Å². The lowest BCUT2D eigenvalue weighted by molar-refractivity contribution is 0.669. The number of anilines is 3. The van der Waals surface area contributed by atoms with Crippen LogP contribution in [0.2, 0.25) is 0 Å². The van der Waals surface area contributed by atoms with Crippen LogP contribution in [0.25, 0.3) is 73.2 Å². The highest BCUT2D eigenvalue weighted by Crippen LogP contribution is 2.45. The summed E-state index contributed by atoms with van der Waals surface area (Å²) in [6, 6.07) is 45.8. The highest BCUT2D eigenvalue weighted by atomic mass is 32.1. The molecule has 6 aromatic carbocycles. The molecule has 4 aromatic heterocycles. The third-order valence-corrected chi connectivity index (χ3v) is 11.0. The lowest BCUT2D eigenvalue weighted by atomic mass is 10.1. The number of fused-ring (bicyclic) bond motifs is 11. The summed E-state index contributed by atoms with van der Waals surface area (Å²) in [5.74, 6) is 0. The maximum absolute atomic E-state index is 6.35. The number of nitrogens with zero attached hydrogens (tertiary/aromatic N) is 2. The molecule has 0 spiro atoms. The smallest absolute Gasteiger partial charge is 0.137 e. The van der Waals surface area contributed by atoms with Crippen molar-refractivity contribution >= 4 is 113 Å². The minimum atomic E-state index is 0.885. The Labute approximate surface area is 259 Å². The molecule has 0 bridgehead atoms. The number of thiophene rings is 2. The fourth-order valence-electron chi connectivity index (χ4n) is 6.69. The first-order valence-corrected chi connectivity index (χ1v) is 16.2. The Morgan fingerprint density at radius 3 is 2.14 bits per heavy atom. The predicted molar refractivity (Wildman–Crippen MR) is 189 cm³/mol. The van der Waals surface area contributed by atoms with Crippen LogP contribution in [-0.2, 0) is 0 Å². The molecule has 0 atom stereocenters. The summed E-state index contributed by atoms with van der Waals surface area (Å²) in [6.07, 6.45) is 1.89. The number of rotatable bonds is 3. The average Bonchev–Trinajstić information content (AvgIpc) is 3.75. The van der Waals surface area contributed by atoms with Crippen molar-refractivity contribution in [2.45, 2.75) is 0 Å². The number of benzene rings is 6. The summed E-state index contributed by atoms with van der Waals surface area (Å²) in [5, 5.41) is 8.48. The standard InChI is InChI=1S/C39H22N2OS2/c1-3-9-32-27(7-1)28-15-12-25(21-33(28)42-32)41(24-14-18-35-31(20-24)29-8-2-4-10-34(29)43-35)26-13-16-30-37(22-26)44-36-17-11-23-6-5-19-40-39(23)38(30)36/h1-22H. The molecule has 0 aliphatic rings. The monoisotopic (exact) mass is 598 g/mol. The molecule has 0 aliphatic heterocycles. The molecule has 0 N–H and O–H groups in total. The van der Waals surface area contributed by atoms with E-state index in [1.165, 1.54) is 45.7 Å². The molecule has 0 saturated carbocycles. The molecule has 0 amide bonds. The van der Waals surface area contributed by atoms with Crippen molar-refractivity contribution in [3.63, 3.8) is 0 Å². The molecule has 0 aliphatic carbocycles. The van der Waals surface area contributed by atoms with Crippen LogP contribution < -0.4 is 4.90 Å². The highest BCUT2D eigenvalue weighted by Gasteiger charge is 2.19. The zero-order valence-electron chi connectivity index (χ0n) is 23.3. The summed E-state index contributed by atoms with van der Waals surface area (Å²) in [6.45, 7) is 0. The van der Waals surface area contributed by atoms with Crippen molar-refractivity contribution < 1.29 is 4.42 Å². The van der Waals surface area contributed by atoms with Crippen molar-refractivity contribution in [1.29, 1.82) is 0 Å². The summed E-state index contributed by atoms with van der Waals surface area (Å²) >= 11 is 3.67. The minimum Gasteiger partial charge on any atom is -0.456 e. The fraction of sp³-hybridized carbons (Fsp3) is 0. The van der Waals surface area contributed by atoms with E-state index in [2.05, 4.69) is 114 Å². The number of hydrogen-bond donors (Lipinski definition) is 0. The second kappa shape index (κ2) is 9.13. The molecule has 206 valence electrons. The van der Waals surface area contributed by atoms with Gasteiger partial charge in [0.25, 0.3) is 0 Å². The van der Waals surface area contributed by atoms with Crippen molar-refractivity contribution in [2.75, 3.05) is 4.90 Å². The maximum Gasteiger partial charge on any atom is 0.137 e. The Morgan fingerprint density at radius 1 is 0.477 bits per heavy atom. The van der Waals surface area contributed by atoms with Crippen molar-refractivity contribution in [3.05, 3.63) is 134 Å². The summed E-state index contributed by atoms with van der Waals surface area (Å²) in [7, 11) is 0. The number of furan rings is 1. The van der Waals surface area contributed by atoms with Gasteiger partial charge in [0.15, 0.2) is 0 Å². The van der Waals surface area contributed by atoms with Gasteiger partial charge in [-0.05, 0) is 66.7 Å². The number of pyridine rings is 1. The molecule has 4 heterocycles. The first-order valence-electron chi connectivity index (χ1n) is 14.6. The fourth-order valence-corrected chi connectivity index (χ4v) is 8.91. The molecule has 0 fully saturated rings. The van der Waals surface area contributed by atoms with Gasteiger partial charge in [-0.15, -0.1) is 22.7 Å². The Morgan fingerprint density at radius 2 is 1.18 bits per heavy atom. The van der Waals surface area contributed by atoms with Gasteiger partial charge in [-0.25, -0.2) is 0 Å². The first kappa shape index (κ1) is 24.2. The van der Waals surface area contributed by atoms with Gasteiger partial charge in [0.1, 0.15) is 11.2 Å². The van der Waals surface area contributed by atoms with E-state index in [0.717, 1.165) is 44.5 Å². The zero-order valence-corrected chi connectivity index (χ0v) is 25.0. The largest absolute Gasteiger partial charge is 0.456 e. The SMILES string of the molecule is c1cnc2c(c1)ccc1sc3cc(N(c4ccc5c(c4)oc4ccccc45)c4ccc5sc6ccccc6c5c4)ccc3c12. The van der Waals surface area contributed by atoms with Crippen molar-refractivity contribution in [1.82, 2.24) is 4.98 Å². The van der Waals surface area contributed by atoms with Crippen molar-refractivity contribution in [3.8, 4) is 0 Å². The van der Waals surface area contributed by atoms with E-state index in [9.17, 15) is 0 Å². The second-order valence-corrected chi connectivity index (χ2v) is 13.4. The van der Waals surface area contributed by atoms with E-state index in [0.29, 0.717) is 0 Å². The van der Waals surface area contributed by atoms with Crippen LogP contribution in [-0.4, -0.2) is 4.98 Å². The van der Waals surface area contributed by atoms with E-state index in [1.54, 1.807) is 0 Å². The van der Waals surface area contributed by atoms with Gasteiger partial charge >= 0.3 is 0 Å². The highest BCUT2D eigenvalue weighted by molar-refractivity contribution is 7.26. The Kier molecular flexibility index (Phi) is 5.03. The van der Waals surface area contributed by atoms with Crippen LogP contribution >= 0.6 is 22.7 Å². The number of aromatic nitrogens is 1. The summed E-state index contributed by atoms with van der Waals surface area (Å²) in [5.41, 5.74) is 6.13. The van der Waals surface area contributed by atoms with Crippen LogP contribution in [0.4, 0.5) is 17.1 Å². The molecule has 0 unspecified atom stereocenters. The number of para-hydroxylation sites is 1. The molecule has 0 saturated heterocycles. The van der Waals surface area contributed by atoms with E-state index in [1.807, 2.05) is 47.1 Å². The zero-order chi connectivity index (χ0) is 28.8. The normalized spacial score (nSPS) is 12.1. The third kappa shape index (κ3) is 3.51. The van der Waals surface area contributed by atoms with Gasteiger partial charge in [0.2, 0.25) is 0 Å². The molecule has 3 nitrogen and oxygen atoms in total. The van der Waals surface area contributed by atoms with Gasteiger partial charge in [-0.2, -0.15) is 0 Å². The van der Waals surface area contributed by atoms with Gasteiger partial charge in [0.05, 0.1) is 5.52 Å². The van der Waals surface area contributed by atoms with Crippen LogP contribution in [0, 0.1) is 0 Å². The second-order valence-electron chi connectivity index (χ2n) is 11.2. The molecular weight excluding hydrogens is 577 g/mol. The molecule has 0 radical (unpaired) electrons. The van der Waals surface area contributed by atoms with Crippen LogP contribution in [0.15, 0.2) is 138 Å². The summed E-state index contributed by atoms with van der Waals surface area (Å²) in [4.78, 5) is 7.13. The Balaban J connectivity index is 1.22. The average molecular weight is 599 g/mol. The maximum atomic E-state index is 6.35. The molecule has 10 rings (SSSR count). The Bertz CT molecular complexity index is 2750. The Hall–Kier alpha value is -5.23. The predicted octanol–water partition coefficient (Wildman–Crippen LogP) is 12.3. The van der Waals surface area contributed by atoms with E-state index in [4.69, 9.17) is 9.40 Å². The topological polar surface area (TPSA) is 29.3 Å². The minimum absolute atomic E-state index is 0.885. The molecule has 44 heavy (non-hydrogen) atoms. The molecular formula is C39H22N2OS2. The van der Waals surface area contributed by atoms with Gasteiger partial charge in [-0.1, -0.05) is 54.6 Å². The van der Waals surface area contributed by atoms with Crippen LogP contribution in [0.5, 0.6) is 0 Å². The van der Waals surface area contributed by atoms with Gasteiger partial charge < -0.3 is 9.32 Å². The van der Waals surface area contributed by atoms with E-state index < -0.39 is 0 Å². The van der Waals surface area contributed by atoms with Gasteiger partial charge in [0, 0.05) is 85.8 Å².